The van der Waals surface area contributed by atoms with Crippen LogP contribution in [-0.2, 0) is 4.74 Å². The lowest BCUT2D eigenvalue weighted by molar-refractivity contribution is -0.0712. The summed E-state index contributed by atoms with van der Waals surface area (Å²) >= 11 is 10.4. The molecule has 10 nitrogen and oxygen atoms in total. The number of methoxy groups -OCH3 is 1. The van der Waals surface area contributed by atoms with Gasteiger partial charge in [-0.2, -0.15) is 4.98 Å². The van der Waals surface area contributed by atoms with Crippen LogP contribution >= 0.6 is 35.5 Å². The Hall–Kier alpha value is -2.56. The summed E-state index contributed by atoms with van der Waals surface area (Å²) in [6, 6.07) is 8.62. The van der Waals surface area contributed by atoms with Crippen molar-refractivity contribution in [1.29, 1.82) is 0 Å². The molecule has 3 aliphatic heterocycles. The molecule has 13 heteroatoms. The van der Waals surface area contributed by atoms with Crippen molar-refractivity contribution in [3.05, 3.63) is 40.0 Å². The highest BCUT2D eigenvalue weighted by atomic mass is 79.9. The van der Waals surface area contributed by atoms with Crippen molar-refractivity contribution < 1.29 is 18.9 Å². The van der Waals surface area contributed by atoms with Gasteiger partial charge in [-0.1, -0.05) is 19.5 Å². The fourth-order valence-corrected chi connectivity index (χ4v) is 7.97. The van der Waals surface area contributed by atoms with Crippen LogP contribution in [0.25, 0.3) is 0 Å². The van der Waals surface area contributed by atoms with Crippen LogP contribution in [0.15, 0.2) is 34.9 Å². The second kappa shape index (κ2) is 13.8. The minimum absolute atomic E-state index is 0.393. The molecule has 2 N–H and O–H groups in total. The lowest BCUT2D eigenvalue weighted by atomic mass is 9.98. The van der Waals surface area contributed by atoms with Crippen molar-refractivity contribution in [2.45, 2.75) is 31.9 Å². The zero-order chi connectivity index (χ0) is 30.8. The van der Waals surface area contributed by atoms with Crippen molar-refractivity contribution in [3.8, 4) is 17.2 Å². The molecular weight excluding hydrogens is 667 g/mol. The number of halogens is 2. The van der Waals surface area contributed by atoms with Gasteiger partial charge in [-0.25, -0.2) is 4.98 Å². The molecule has 0 unspecified atom stereocenters. The second-order valence-electron chi connectivity index (χ2n) is 11.3. The number of anilines is 5. The van der Waals surface area contributed by atoms with Crippen LogP contribution in [0, 0.1) is 0 Å². The number of hydrogen-bond donors (Lipinski definition) is 2. The molecule has 3 aromatic rings. The predicted octanol–water partition coefficient (Wildman–Crippen LogP) is 6.22. The van der Waals surface area contributed by atoms with Crippen LogP contribution < -0.4 is 35.0 Å². The van der Waals surface area contributed by atoms with E-state index in [2.05, 4.69) is 67.7 Å². The van der Waals surface area contributed by atoms with Crippen molar-refractivity contribution in [1.82, 2.24) is 14.9 Å². The molecule has 0 aliphatic carbocycles. The lowest BCUT2D eigenvalue weighted by Gasteiger charge is -2.47. The molecule has 0 spiro atoms. The first-order valence-corrected chi connectivity index (χ1v) is 18.4. The van der Waals surface area contributed by atoms with E-state index in [-0.39, 0.29) is 0 Å². The van der Waals surface area contributed by atoms with Crippen LogP contribution in [0.5, 0.6) is 17.2 Å². The summed E-state index contributed by atoms with van der Waals surface area (Å²) in [7, 11) is 1.16. The third kappa shape index (κ3) is 6.67. The number of fused-ring (bicyclic) bond motifs is 1. The van der Waals surface area contributed by atoms with E-state index in [4.69, 9.17) is 35.5 Å². The van der Waals surface area contributed by atoms with E-state index in [0.29, 0.717) is 47.9 Å². The van der Waals surface area contributed by atoms with E-state index in [1.165, 1.54) is 0 Å². The summed E-state index contributed by atoms with van der Waals surface area (Å²) in [5.74, 6) is 3.14. The van der Waals surface area contributed by atoms with E-state index < -0.39 is 7.92 Å². The predicted molar refractivity (Wildman–Crippen MR) is 182 cm³/mol. The van der Waals surface area contributed by atoms with Crippen LogP contribution in [0.1, 0.15) is 19.8 Å². The van der Waals surface area contributed by atoms with Gasteiger partial charge in [0, 0.05) is 54.7 Å². The molecule has 6 rings (SSSR count). The van der Waals surface area contributed by atoms with Crippen LogP contribution in [-0.4, -0.2) is 93.5 Å². The normalized spacial score (nSPS) is 17.5. The van der Waals surface area contributed by atoms with Crippen molar-refractivity contribution in [2.24, 2.45) is 0 Å². The molecule has 0 bridgehead atoms. The van der Waals surface area contributed by atoms with Gasteiger partial charge in [0.2, 0.25) is 5.95 Å². The standard InChI is InChI=1S/C31H39BrClN6O4P/c1-5-41-20-17-39(18-20)19-8-10-38(11-9-19)25-15-27(40-2)24(14-21(25)32)36-31-34-16-22(33)30(37-31)35-23-6-7-26-28(29(23)44(3)4)43-13-12-42-26/h6-7,14-16,19-20H,5,8-13,17-18H2,1-4H3,(H2,34,35,36,37). The van der Waals surface area contributed by atoms with Gasteiger partial charge >= 0.3 is 0 Å². The van der Waals surface area contributed by atoms with Crippen molar-refractivity contribution in [2.75, 3.05) is 82.0 Å². The third-order valence-corrected chi connectivity index (χ3v) is 10.5. The van der Waals surface area contributed by atoms with Gasteiger partial charge in [0.15, 0.2) is 17.3 Å². The number of aromatic nitrogens is 2. The van der Waals surface area contributed by atoms with Crippen molar-refractivity contribution >= 4 is 69.6 Å². The molecule has 3 aliphatic rings. The summed E-state index contributed by atoms with van der Waals surface area (Å²) in [5, 5.41) is 8.24. The molecule has 0 atom stereocenters. The summed E-state index contributed by atoms with van der Waals surface area (Å²) in [6.07, 6.45) is 4.25. The third-order valence-electron chi connectivity index (χ3n) is 8.24. The number of ether oxygens (including phenoxy) is 4. The van der Waals surface area contributed by atoms with Gasteiger partial charge in [0.25, 0.3) is 0 Å². The fourth-order valence-electron chi connectivity index (χ4n) is 6.04. The fraction of sp³-hybridized carbons (Fsp3) is 0.484. The Morgan fingerprint density at radius 2 is 1.86 bits per heavy atom. The summed E-state index contributed by atoms with van der Waals surface area (Å²) < 4.78 is 24.4. The van der Waals surface area contributed by atoms with Gasteiger partial charge in [0.05, 0.1) is 36.5 Å². The minimum atomic E-state index is -0.514. The Labute approximate surface area is 273 Å². The molecule has 2 aromatic carbocycles. The first kappa shape index (κ1) is 31.4. The van der Waals surface area contributed by atoms with Crippen molar-refractivity contribution in [3.63, 3.8) is 0 Å². The molecule has 2 saturated heterocycles. The highest BCUT2D eigenvalue weighted by Crippen LogP contribution is 2.43. The number of nitrogens with one attached hydrogen (secondary N) is 2. The van der Waals surface area contributed by atoms with E-state index in [0.717, 1.165) is 84.0 Å². The molecule has 44 heavy (non-hydrogen) atoms. The van der Waals surface area contributed by atoms with Gasteiger partial charge < -0.3 is 34.5 Å². The molecule has 0 saturated carbocycles. The number of benzene rings is 2. The van der Waals surface area contributed by atoms with E-state index in [9.17, 15) is 0 Å². The molecule has 0 radical (unpaired) electrons. The van der Waals surface area contributed by atoms with Gasteiger partial charge in [-0.3, -0.25) is 4.90 Å². The number of rotatable bonds is 10. The van der Waals surface area contributed by atoms with Crippen LogP contribution in [0.3, 0.4) is 0 Å². The zero-order valence-electron chi connectivity index (χ0n) is 25.5. The quantitative estimate of drug-likeness (QED) is 0.237. The SMILES string of the molecule is CCOC1CN(C2CCN(c3cc(OC)c(Nc4ncc(Cl)c(Nc5ccc6c(c5P(C)C)OCCO6)n4)cc3Br)CC2)C1. The molecule has 236 valence electrons. The number of piperidine rings is 1. The Morgan fingerprint density at radius 3 is 2.59 bits per heavy atom. The number of likely N-dealkylation sites (tertiary alicyclic amines) is 1. The van der Waals surface area contributed by atoms with Gasteiger partial charge in [-0.15, -0.1) is 0 Å². The Balaban J connectivity index is 1.16. The maximum Gasteiger partial charge on any atom is 0.229 e. The summed E-state index contributed by atoms with van der Waals surface area (Å²) in [6.45, 7) is 12.4. The maximum absolute atomic E-state index is 6.57. The number of hydrogen-bond acceptors (Lipinski definition) is 10. The average Bonchev–Trinajstić information content (AvgIpc) is 3.00. The zero-order valence-corrected chi connectivity index (χ0v) is 28.8. The monoisotopic (exact) mass is 704 g/mol. The van der Waals surface area contributed by atoms with E-state index >= 15 is 0 Å². The molecule has 2 fully saturated rings. The molecule has 0 amide bonds. The molecule has 4 heterocycles. The van der Waals surface area contributed by atoms with Crippen LogP contribution in [0.4, 0.5) is 28.8 Å². The molecule has 1 aromatic heterocycles. The first-order valence-electron chi connectivity index (χ1n) is 15.0. The highest BCUT2D eigenvalue weighted by Gasteiger charge is 2.35. The highest BCUT2D eigenvalue weighted by molar-refractivity contribution is 9.10. The Bertz CT molecular complexity index is 1490. The van der Waals surface area contributed by atoms with E-state index in [1.807, 2.05) is 18.2 Å². The smallest absolute Gasteiger partial charge is 0.229 e. The van der Waals surface area contributed by atoms with Crippen LogP contribution in [0.2, 0.25) is 5.02 Å². The largest absolute Gasteiger partial charge is 0.494 e. The minimum Gasteiger partial charge on any atom is -0.494 e. The summed E-state index contributed by atoms with van der Waals surface area (Å²) in [5.41, 5.74) is 2.75. The molecular formula is C31H39BrClN6O4P. The first-order chi connectivity index (χ1) is 21.3. The topological polar surface area (TPSA) is 93.2 Å². The van der Waals surface area contributed by atoms with E-state index in [1.54, 1.807) is 13.3 Å². The Morgan fingerprint density at radius 1 is 1.09 bits per heavy atom. The average molecular weight is 706 g/mol. The van der Waals surface area contributed by atoms with Gasteiger partial charge in [0.1, 0.15) is 24.0 Å². The second-order valence-corrected chi connectivity index (χ2v) is 14.8. The number of nitrogens with zero attached hydrogens (tertiary/aromatic N) is 4. The Kier molecular flexibility index (Phi) is 9.88. The maximum atomic E-state index is 6.57. The summed E-state index contributed by atoms with van der Waals surface area (Å²) in [4.78, 5) is 14.2. The lowest BCUT2D eigenvalue weighted by Crippen LogP contribution is -2.58. The van der Waals surface area contributed by atoms with Gasteiger partial charge in [-0.05, 0) is 67.2 Å².